The van der Waals surface area contributed by atoms with Crippen LogP contribution in [0.4, 0.5) is 5.69 Å². The van der Waals surface area contributed by atoms with Gasteiger partial charge in [0.25, 0.3) is 5.69 Å². The summed E-state index contributed by atoms with van der Waals surface area (Å²) in [6.45, 7) is 2.84. The van der Waals surface area contributed by atoms with Gasteiger partial charge in [-0.25, -0.2) is 0 Å². The smallest absolute Gasteiger partial charge is 0.273 e. The van der Waals surface area contributed by atoms with Crippen molar-refractivity contribution in [2.45, 2.75) is 13.5 Å². The summed E-state index contributed by atoms with van der Waals surface area (Å²) >= 11 is 0. The van der Waals surface area contributed by atoms with Gasteiger partial charge < -0.3 is 10.1 Å². The van der Waals surface area contributed by atoms with Gasteiger partial charge in [0.15, 0.2) is 0 Å². The van der Waals surface area contributed by atoms with Crippen molar-refractivity contribution in [1.29, 1.82) is 0 Å². The molecule has 0 radical (unpaired) electrons. The molecule has 0 aliphatic carbocycles. The largest absolute Gasteiger partial charge is 0.496 e. The van der Waals surface area contributed by atoms with Gasteiger partial charge in [-0.1, -0.05) is 5.92 Å². The van der Waals surface area contributed by atoms with E-state index in [0.29, 0.717) is 18.8 Å². The fraction of sp³-hybridized carbons (Fsp3) is 0.333. The average molecular weight is 234 g/mol. The number of ether oxygens (including phenoxy) is 1. The fourth-order valence-electron chi connectivity index (χ4n) is 1.33. The van der Waals surface area contributed by atoms with Crippen molar-refractivity contribution in [2.75, 3.05) is 13.7 Å². The number of hydrogen-bond acceptors (Lipinski definition) is 4. The van der Waals surface area contributed by atoms with E-state index in [1.54, 1.807) is 13.0 Å². The van der Waals surface area contributed by atoms with Crippen molar-refractivity contribution in [3.05, 3.63) is 33.9 Å². The molecule has 0 saturated heterocycles. The van der Waals surface area contributed by atoms with Crippen molar-refractivity contribution < 1.29 is 9.66 Å². The van der Waals surface area contributed by atoms with Crippen LogP contribution >= 0.6 is 0 Å². The topological polar surface area (TPSA) is 64.4 Å². The molecule has 5 nitrogen and oxygen atoms in total. The number of methoxy groups -OCH3 is 1. The number of non-ortho nitro benzene ring substituents is 1. The van der Waals surface area contributed by atoms with Gasteiger partial charge in [0, 0.05) is 12.6 Å². The second-order valence-electron chi connectivity index (χ2n) is 3.33. The number of nitrogens with zero attached hydrogens (tertiary/aromatic N) is 1. The lowest BCUT2D eigenvalue weighted by Gasteiger charge is -2.05. The quantitative estimate of drug-likeness (QED) is 0.364. The zero-order valence-corrected chi connectivity index (χ0v) is 9.82. The zero-order chi connectivity index (χ0) is 12.7. The summed E-state index contributed by atoms with van der Waals surface area (Å²) < 4.78 is 5.01. The van der Waals surface area contributed by atoms with Gasteiger partial charge in [-0.3, -0.25) is 10.1 Å². The summed E-state index contributed by atoms with van der Waals surface area (Å²) in [6.07, 6.45) is 0. The van der Waals surface area contributed by atoms with E-state index >= 15 is 0 Å². The summed E-state index contributed by atoms with van der Waals surface area (Å²) in [5.41, 5.74) is 0.830. The van der Waals surface area contributed by atoms with Crippen LogP contribution in [0.25, 0.3) is 0 Å². The lowest BCUT2D eigenvalue weighted by Crippen LogP contribution is -2.13. The van der Waals surface area contributed by atoms with Gasteiger partial charge in [-0.05, 0) is 18.6 Å². The maximum Gasteiger partial charge on any atom is 0.273 e. The van der Waals surface area contributed by atoms with Crippen LogP contribution in [0.5, 0.6) is 5.75 Å². The zero-order valence-electron chi connectivity index (χ0n) is 9.82. The third kappa shape index (κ3) is 4.13. The molecule has 0 amide bonds. The molecule has 1 aromatic rings. The molecule has 0 atom stereocenters. The fourth-order valence-corrected chi connectivity index (χ4v) is 1.33. The molecule has 0 fully saturated rings. The molecular formula is C12H14N2O3. The first-order valence-corrected chi connectivity index (χ1v) is 5.10. The highest BCUT2D eigenvalue weighted by atomic mass is 16.6. The minimum Gasteiger partial charge on any atom is -0.496 e. The Hall–Kier alpha value is -2.06. The number of nitro benzene ring substituents is 1. The average Bonchev–Trinajstić information content (AvgIpc) is 2.34. The minimum absolute atomic E-state index is 0.0303. The Kier molecular flexibility index (Phi) is 4.98. The molecule has 17 heavy (non-hydrogen) atoms. The van der Waals surface area contributed by atoms with Crippen LogP contribution in [0.15, 0.2) is 18.2 Å². The molecule has 0 saturated carbocycles. The van der Waals surface area contributed by atoms with E-state index in [-0.39, 0.29) is 5.69 Å². The molecule has 1 aromatic carbocycles. The first-order valence-electron chi connectivity index (χ1n) is 5.10. The molecule has 0 heterocycles. The molecule has 0 unspecified atom stereocenters. The highest BCUT2D eigenvalue weighted by molar-refractivity contribution is 5.42. The highest BCUT2D eigenvalue weighted by Gasteiger charge is 2.09. The van der Waals surface area contributed by atoms with Crippen LogP contribution < -0.4 is 10.1 Å². The summed E-state index contributed by atoms with van der Waals surface area (Å²) in [6, 6.07) is 4.68. The molecule has 0 bridgehead atoms. The van der Waals surface area contributed by atoms with Crippen LogP contribution in [0.3, 0.4) is 0 Å². The van der Waals surface area contributed by atoms with Crippen LogP contribution in [0, 0.1) is 22.0 Å². The van der Waals surface area contributed by atoms with Crippen LogP contribution in [0.2, 0.25) is 0 Å². The maximum atomic E-state index is 10.7. The Morgan fingerprint density at radius 3 is 2.82 bits per heavy atom. The van der Waals surface area contributed by atoms with Crippen LogP contribution in [0.1, 0.15) is 12.5 Å². The van der Waals surface area contributed by atoms with Gasteiger partial charge in [-0.15, -0.1) is 5.92 Å². The molecule has 0 aliphatic heterocycles. The Morgan fingerprint density at radius 2 is 2.24 bits per heavy atom. The van der Waals surface area contributed by atoms with E-state index in [1.807, 2.05) is 0 Å². The number of benzene rings is 1. The van der Waals surface area contributed by atoms with Gasteiger partial charge in [0.1, 0.15) is 5.75 Å². The third-order valence-corrected chi connectivity index (χ3v) is 2.12. The van der Waals surface area contributed by atoms with Crippen LogP contribution in [-0.2, 0) is 6.54 Å². The lowest BCUT2D eigenvalue weighted by atomic mass is 10.2. The van der Waals surface area contributed by atoms with Crippen molar-refractivity contribution >= 4 is 5.69 Å². The normalized spacial score (nSPS) is 9.29. The Bertz CT molecular complexity index is 461. The second kappa shape index (κ2) is 6.51. The Balaban J connectivity index is 2.78. The van der Waals surface area contributed by atoms with E-state index in [0.717, 1.165) is 5.56 Å². The molecule has 1 N–H and O–H groups in total. The predicted molar refractivity (Wildman–Crippen MR) is 64.8 cm³/mol. The van der Waals surface area contributed by atoms with Crippen molar-refractivity contribution in [3.63, 3.8) is 0 Å². The first-order chi connectivity index (χ1) is 8.17. The molecule has 0 spiro atoms. The molecule has 90 valence electrons. The summed E-state index contributed by atoms with van der Waals surface area (Å²) in [7, 11) is 1.48. The van der Waals surface area contributed by atoms with E-state index in [9.17, 15) is 10.1 Å². The van der Waals surface area contributed by atoms with E-state index in [2.05, 4.69) is 17.2 Å². The van der Waals surface area contributed by atoms with Crippen molar-refractivity contribution in [1.82, 2.24) is 5.32 Å². The molecule has 0 aliphatic rings. The predicted octanol–water partition coefficient (Wildman–Crippen LogP) is 1.72. The maximum absolute atomic E-state index is 10.7. The minimum atomic E-state index is -0.433. The number of nitrogens with one attached hydrogen (secondary N) is 1. The third-order valence-electron chi connectivity index (χ3n) is 2.12. The van der Waals surface area contributed by atoms with Gasteiger partial charge in [-0.2, -0.15) is 0 Å². The Labute approximate surface area is 99.9 Å². The number of nitro groups is 1. The van der Waals surface area contributed by atoms with E-state index in [1.165, 1.54) is 19.2 Å². The molecule has 0 aromatic heterocycles. The highest BCUT2D eigenvalue weighted by Crippen LogP contribution is 2.22. The number of hydrogen-bond donors (Lipinski definition) is 1. The van der Waals surface area contributed by atoms with Gasteiger partial charge in [0.2, 0.25) is 0 Å². The monoisotopic (exact) mass is 234 g/mol. The van der Waals surface area contributed by atoms with Gasteiger partial charge in [0.05, 0.1) is 24.6 Å². The first kappa shape index (κ1) is 13.0. The lowest BCUT2D eigenvalue weighted by molar-refractivity contribution is -0.385. The SMILES string of the molecule is CC#CCNCc1cc(OC)cc([N+](=O)[O-])c1. The Morgan fingerprint density at radius 1 is 1.47 bits per heavy atom. The number of rotatable bonds is 5. The second-order valence-corrected chi connectivity index (χ2v) is 3.33. The summed E-state index contributed by atoms with van der Waals surface area (Å²) in [5, 5.41) is 13.8. The van der Waals surface area contributed by atoms with Crippen molar-refractivity contribution in [2.24, 2.45) is 0 Å². The summed E-state index contributed by atoms with van der Waals surface area (Å²) in [4.78, 5) is 10.3. The van der Waals surface area contributed by atoms with Crippen molar-refractivity contribution in [3.8, 4) is 17.6 Å². The summed E-state index contributed by atoms with van der Waals surface area (Å²) in [5.74, 6) is 6.10. The standard InChI is InChI=1S/C12H14N2O3/c1-3-4-5-13-9-10-6-11(14(15)16)8-12(7-10)17-2/h6-8,13H,5,9H2,1-2H3. The van der Waals surface area contributed by atoms with E-state index in [4.69, 9.17) is 4.74 Å². The van der Waals surface area contributed by atoms with E-state index < -0.39 is 4.92 Å². The molecule has 1 rings (SSSR count). The molecular weight excluding hydrogens is 220 g/mol. The molecule has 5 heteroatoms. The van der Waals surface area contributed by atoms with Crippen LogP contribution in [-0.4, -0.2) is 18.6 Å². The van der Waals surface area contributed by atoms with Gasteiger partial charge >= 0.3 is 0 Å².